The van der Waals surface area contributed by atoms with Crippen LogP contribution in [0.15, 0.2) is 48.8 Å². The number of hydrogen-bond donors (Lipinski definition) is 4. The number of aliphatic hydroxyl groups is 2. The molecule has 1 fully saturated rings. The lowest BCUT2D eigenvalue weighted by Crippen LogP contribution is -2.51. The van der Waals surface area contributed by atoms with Crippen LogP contribution in [0.1, 0.15) is 23.0 Å². The number of nitrogens with one attached hydrogen (secondary N) is 2. The molecule has 0 radical (unpaired) electrons. The Balaban J connectivity index is 1.57. The standard InChI is InChI=1S/C20H16Cl2N2O2/c21-11-3-1-5-13-15(11)9(7-23-13)17-19(25)18(20(17)26)10-8-24-14-6-2-4-12(22)16(10)14/h1-8,17-20,23-26H. The molecule has 0 unspecified atom stereocenters. The number of benzene rings is 2. The van der Waals surface area contributed by atoms with Gasteiger partial charge in [0, 0.05) is 46.0 Å². The molecule has 6 heteroatoms. The van der Waals surface area contributed by atoms with E-state index in [0.29, 0.717) is 10.0 Å². The Morgan fingerprint density at radius 1 is 0.692 bits per heavy atom. The first kappa shape index (κ1) is 16.2. The van der Waals surface area contributed by atoms with Gasteiger partial charge in [0.2, 0.25) is 0 Å². The molecular formula is C20H16Cl2N2O2. The molecule has 1 aliphatic carbocycles. The van der Waals surface area contributed by atoms with Crippen molar-refractivity contribution in [3.05, 3.63) is 70.0 Å². The van der Waals surface area contributed by atoms with Gasteiger partial charge in [0.15, 0.2) is 0 Å². The molecular weight excluding hydrogens is 371 g/mol. The van der Waals surface area contributed by atoms with E-state index in [0.717, 1.165) is 32.9 Å². The molecule has 1 saturated carbocycles. The second kappa shape index (κ2) is 5.76. The largest absolute Gasteiger partial charge is 0.392 e. The fourth-order valence-electron chi connectivity index (χ4n) is 4.30. The molecule has 26 heavy (non-hydrogen) atoms. The summed E-state index contributed by atoms with van der Waals surface area (Å²) in [5, 5.41) is 24.7. The summed E-state index contributed by atoms with van der Waals surface area (Å²) in [7, 11) is 0. The summed E-state index contributed by atoms with van der Waals surface area (Å²) < 4.78 is 0. The van der Waals surface area contributed by atoms with Gasteiger partial charge in [-0.1, -0.05) is 35.3 Å². The third-order valence-electron chi connectivity index (χ3n) is 5.56. The van der Waals surface area contributed by atoms with Crippen LogP contribution in [0.4, 0.5) is 0 Å². The molecule has 0 spiro atoms. The molecule has 4 N–H and O–H groups in total. The van der Waals surface area contributed by atoms with Gasteiger partial charge in [-0.05, 0) is 35.4 Å². The van der Waals surface area contributed by atoms with Crippen molar-refractivity contribution < 1.29 is 10.2 Å². The first-order valence-electron chi connectivity index (χ1n) is 8.45. The molecule has 0 amide bonds. The minimum atomic E-state index is -0.726. The topological polar surface area (TPSA) is 72.0 Å². The first-order chi connectivity index (χ1) is 12.6. The second-order valence-corrected chi connectivity index (χ2v) is 7.66. The highest BCUT2D eigenvalue weighted by Gasteiger charge is 2.52. The van der Waals surface area contributed by atoms with Gasteiger partial charge in [0.25, 0.3) is 0 Å². The Morgan fingerprint density at radius 3 is 1.54 bits per heavy atom. The molecule has 0 aliphatic heterocycles. The number of H-pyrrole nitrogens is 2. The van der Waals surface area contributed by atoms with E-state index in [2.05, 4.69) is 9.97 Å². The van der Waals surface area contributed by atoms with Crippen molar-refractivity contribution in [1.82, 2.24) is 9.97 Å². The van der Waals surface area contributed by atoms with Gasteiger partial charge >= 0.3 is 0 Å². The Morgan fingerprint density at radius 2 is 1.12 bits per heavy atom. The number of aliphatic hydroxyl groups excluding tert-OH is 2. The SMILES string of the molecule is OC1C(c2c[nH]c3cccc(Cl)c23)C(O)C1c1c[nH]c2cccc(Cl)c12. The van der Waals surface area contributed by atoms with Crippen molar-refractivity contribution in [3.63, 3.8) is 0 Å². The molecule has 2 heterocycles. The summed E-state index contributed by atoms with van der Waals surface area (Å²) in [6.45, 7) is 0. The van der Waals surface area contributed by atoms with Crippen LogP contribution in [0.25, 0.3) is 21.8 Å². The number of aromatic nitrogens is 2. The Bertz CT molecular complexity index is 1040. The van der Waals surface area contributed by atoms with Gasteiger partial charge in [0.05, 0.1) is 22.3 Å². The molecule has 5 rings (SSSR count). The Kier molecular flexibility index (Phi) is 3.59. The monoisotopic (exact) mass is 386 g/mol. The molecule has 0 atom stereocenters. The zero-order chi connectivity index (χ0) is 18.0. The van der Waals surface area contributed by atoms with Crippen LogP contribution in [0, 0.1) is 0 Å². The van der Waals surface area contributed by atoms with Crippen LogP contribution in [0.2, 0.25) is 10.0 Å². The van der Waals surface area contributed by atoms with Crippen LogP contribution in [-0.2, 0) is 0 Å². The maximum absolute atomic E-state index is 10.9. The molecule has 132 valence electrons. The van der Waals surface area contributed by atoms with E-state index < -0.39 is 24.0 Å². The summed E-state index contributed by atoms with van der Waals surface area (Å²) >= 11 is 12.7. The Hall–Kier alpha value is -1.98. The van der Waals surface area contributed by atoms with Crippen LogP contribution in [-0.4, -0.2) is 32.4 Å². The van der Waals surface area contributed by atoms with Crippen LogP contribution in [0.5, 0.6) is 0 Å². The molecule has 1 aliphatic rings. The van der Waals surface area contributed by atoms with Crippen molar-refractivity contribution in [1.29, 1.82) is 0 Å². The van der Waals surface area contributed by atoms with Gasteiger partial charge in [-0.3, -0.25) is 0 Å². The molecule has 0 bridgehead atoms. The smallest absolute Gasteiger partial charge is 0.0728 e. The number of fused-ring (bicyclic) bond motifs is 2. The third-order valence-corrected chi connectivity index (χ3v) is 6.19. The lowest BCUT2D eigenvalue weighted by Gasteiger charge is -2.46. The zero-order valence-electron chi connectivity index (χ0n) is 13.6. The number of rotatable bonds is 2. The maximum Gasteiger partial charge on any atom is 0.0728 e. The molecule has 4 nitrogen and oxygen atoms in total. The average molecular weight is 387 g/mol. The summed E-state index contributed by atoms with van der Waals surface area (Å²) in [4.78, 5) is 6.35. The third kappa shape index (κ3) is 2.10. The molecule has 0 saturated heterocycles. The molecule has 4 aromatic rings. The summed E-state index contributed by atoms with van der Waals surface area (Å²) in [6.07, 6.45) is 2.20. The van der Waals surface area contributed by atoms with E-state index in [-0.39, 0.29) is 0 Å². The van der Waals surface area contributed by atoms with Crippen molar-refractivity contribution >= 4 is 45.0 Å². The minimum Gasteiger partial charge on any atom is -0.392 e. The quantitative estimate of drug-likeness (QED) is 0.407. The van der Waals surface area contributed by atoms with Crippen molar-refractivity contribution in [2.45, 2.75) is 24.0 Å². The summed E-state index contributed by atoms with van der Waals surface area (Å²) in [5.41, 5.74) is 3.47. The van der Waals surface area contributed by atoms with Gasteiger partial charge in [-0.25, -0.2) is 0 Å². The molecule has 2 aromatic carbocycles. The molecule has 2 aromatic heterocycles. The fraction of sp³-hybridized carbons (Fsp3) is 0.200. The highest BCUT2D eigenvalue weighted by atomic mass is 35.5. The van der Waals surface area contributed by atoms with Gasteiger partial charge in [0.1, 0.15) is 0 Å². The zero-order valence-corrected chi connectivity index (χ0v) is 15.1. The number of halogens is 2. The van der Waals surface area contributed by atoms with Gasteiger partial charge in [-0.2, -0.15) is 0 Å². The van der Waals surface area contributed by atoms with Gasteiger partial charge in [-0.15, -0.1) is 0 Å². The van der Waals surface area contributed by atoms with E-state index in [1.807, 2.05) is 48.8 Å². The fourth-order valence-corrected chi connectivity index (χ4v) is 4.87. The summed E-state index contributed by atoms with van der Waals surface area (Å²) in [6, 6.07) is 11.2. The number of hydrogen-bond acceptors (Lipinski definition) is 2. The number of aromatic amines is 2. The predicted octanol–water partition coefficient (Wildman–Crippen LogP) is 4.56. The van der Waals surface area contributed by atoms with E-state index in [4.69, 9.17) is 23.2 Å². The minimum absolute atomic E-state index is 0.402. The van der Waals surface area contributed by atoms with E-state index in [1.165, 1.54) is 0 Å². The normalized spacial score (nSPS) is 25.7. The lowest BCUT2D eigenvalue weighted by atomic mass is 9.63. The Labute approximate surface area is 159 Å². The van der Waals surface area contributed by atoms with E-state index >= 15 is 0 Å². The van der Waals surface area contributed by atoms with Crippen molar-refractivity contribution in [3.8, 4) is 0 Å². The van der Waals surface area contributed by atoms with Crippen LogP contribution >= 0.6 is 23.2 Å². The first-order valence-corrected chi connectivity index (χ1v) is 9.20. The van der Waals surface area contributed by atoms with E-state index in [1.54, 1.807) is 0 Å². The van der Waals surface area contributed by atoms with Crippen LogP contribution < -0.4 is 0 Å². The summed E-state index contributed by atoms with van der Waals surface area (Å²) in [5.74, 6) is -0.804. The highest BCUT2D eigenvalue weighted by Crippen LogP contribution is 2.52. The van der Waals surface area contributed by atoms with E-state index in [9.17, 15) is 10.2 Å². The van der Waals surface area contributed by atoms with Crippen LogP contribution in [0.3, 0.4) is 0 Å². The average Bonchev–Trinajstić information content (AvgIpc) is 3.22. The van der Waals surface area contributed by atoms with Crippen molar-refractivity contribution in [2.24, 2.45) is 0 Å². The lowest BCUT2D eigenvalue weighted by molar-refractivity contribution is -0.0775. The second-order valence-electron chi connectivity index (χ2n) is 6.85. The van der Waals surface area contributed by atoms with Gasteiger partial charge < -0.3 is 20.2 Å². The maximum atomic E-state index is 10.9. The van der Waals surface area contributed by atoms with Crippen molar-refractivity contribution in [2.75, 3.05) is 0 Å². The predicted molar refractivity (Wildman–Crippen MR) is 104 cm³/mol. The highest BCUT2D eigenvalue weighted by molar-refractivity contribution is 6.36.